The van der Waals surface area contributed by atoms with Crippen molar-refractivity contribution in [1.82, 2.24) is 29.3 Å². The number of fused-ring (bicyclic) bond motifs is 1. The highest BCUT2D eigenvalue weighted by atomic mass is 16.5. The van der Waals surface area contributed by atoms with Gasteiger partial charge < -0.3 is 39.0 Å². The van der Waals surface area contributed by atoms with Crippen LogP contribution >= 0.6 is 0 Å². The SMILES string of the molecule is CCCCCC/C=C/COC(=O)CCCCCCCCN(CCCCCCCCC(=O)OC/C=C/CCCCCC)CCCN(C)CCCCCC(=O)Nc1nc(OCCCC)nc2c1[nH]c(=O)n2Cc1cccc(CC(=O)OC)c1. The van der Waals surface area contributed by atoms with Gasteiger partial charge in [-0.25, -0.2) is 4.79 Å². The number of methoxy groups -OCH3 is 1. The molecule has 0 aliphatic carbocycles. The number of hydrogen-bond acceptors (Lipinski definition) is 13. The summed E-state index contributed by atoms with van der Waals surface area (Å²) in [6.45, 7) is 13.1. The monoisotopic (exact) mass is 1130 g/mol. The summed E-state index contributed by atoms with van der Waals surface area (Å²) in [5.41, 5.74) is 1.81. The average Bonchev–Trinajstić information content (AvgIpc) is 3.96. The number of rotatable bonds is 51. The topological polar surface area (TPSA) is 187 Å². The van der Waals surface area contributed by atoms with Crippen molar-refractivity contribution in [2.75, 3.05) is 72.0 Å². The van der Waals surface area contributed by atoms with Gasteiger partial charge in [0.05, 0.1) is 26.7 Å². The lowest BCUT2D eigenvalue weighted by Crippen LogP contribution is -2.30. The zero-order valence-electron chi connectivity index (χ0n) is 51.0. The molecule has 2 N–H and O–H groups in total. The molecule has 2 aromatic heterocycles. The molecule has 0 spiro atoms. The number of hydrogen-bond donors (Lipinski definition) is 2. The minimum Gasteiger partial charge on any atom is -0.469 e. The van der Waals surface area contributed by atoms with E-state index in [0.717, 1.165) is 127 Å². The maximum Gasteiger partial charge on any atom is 0.328 e. The molecule has 0 saturated carbocycles. The number of amides is 1. The van der Waals surface area contributed by atoms with Gasteiger partial charge in [-0.2, -0.15) is 9.97 Å². The normalized spacial score (nSPS) is 11.7. The molecule has 0 fully saturated rings. The minimum atomic E-state index is -0.403. The number of carbonyl (C=O) groups excluding carboxylic acids is 4. The van der Waals surface area contributed by atoms with Crippen LogP contribution in [0.1, 0.15) is 231 Å². The Bertz CT molecular complexity index is 2220. The number of allylic oxidation sites excluding steroid dienone is 2. The second kappa shape index (κ2) is 46.2. The molecule has 0 saturated heterocycles. The number of esters is 3. The highest BCUT2D eigenvalue weighted by molar-refractivity contribution is 5.97. The summed E-state index contributed by atoms with van der Waals surface area (Å²) in [5, 5.41) is 2.93. The Morgan fingerprint density at radius 2 is 1.11 bits per heavy atom. The number of ether oxygens (including phenoxy) is 4. The molecule has 0 radical (unpaired) electrons. The van der Waals surface area contributed by atoms with Crippen molar-refractivity contribution < 1.29 is 38.1 Å². The van der Waals surface area contributed by atoms with Gasteiger partial charge in [0, 0.05) is 19.3 Å². The molecule has 0 atom stereocenters. The lowest BCUT2D eigenvalue weighted by Gasteiger charge is -2.24. The fourth-order valence-corrected chi connectivity index (χ4v) is 9.73. The second-order valence-corrected chi connectivity index (χ2v) is 22.0. The molecule has 456 valence electrons. The predicted octanol–water partition coefficient (Wildman–Crippen LogP) is 13.8. The zero-order valence-corrected chi connectivity index (χ0v) is 51.0. The van der Waals surface area contributed by atoms with Crippen LogP contribution in [0.4, 0.5) is 5.82 Å². The van der Waals surface area contributed by atoms with Crippen LogP contribution in [0, 0.1) is 0 Å². The molecule has 81 heavy (non-hydrogen) atoms. The fourth-order valence-electron chi connectivity index (χ4n) is 9.73. The van der Waals surface area contributed by atoms with Gasteiger partial charge in [-0.15, -0.1) is 0 Å². The summed E-state index contributed by atoms with van der Waals surface area (Å²) in [4.78, 5) is 80.0. The van der Waals surface area contributed by atoms with Gasteiger partial charge in [0.1, 0.15) is 18.7 Å². The number of nitrogens with zero attached hydrogens (tertiary/aromatic N) is 5. The molecule has 0 unspecified atom stereocenters. The van der Waals surface area contributed by atoms with E-state index < -0.39 is 5.69 Å². The zero-order chi connectivity index (χ0) is 58.4. The Hall–Kier alpha value is -5.35. The molecule has 3 aromatic rings. The van der Waals surface area contributed by atoms with E-state index in [1.54, 1.807) is 0 Å². The molecule has 0 aliphatic heterocycles. The van der Waals surface area contributed by atoms with E-state index in [4.69, 9.17) is 18.9 Å². The van der Waals surface area contributed by atoms with Crippen LogP contribution in [-0.4, -0.2) is 120 Å². The molecule has 0 aliphatic rings. The molecule has 0 bridgehead atoms. The molecular formula is C65H107N7O9. The van der Waals surface area contributed by atoms with Gasteiger partial charge >= 0.3 is 29.6 Å². The molecule has 3 rings (SSSR count). The number of unbranched alkanes of at least 4 members (excludes halogenated alkanes) is 21. The van der Waals surface area contributed by atoms with Crippen LogP contribution < -0.4 is 15.7 Å². The third-order valence-corrected chi connectivity index (χ3v) is 14.6. The van der Waals surface area contributed by atoms with E-state index in [1.807, 2.05) is 36.4 Å². The first-order valence-corrected chi connectivity index (χ1v) is 31.7. The Balaban J connectivity index is 1.40. The van der Waals surface area contributed by atoms with Gasteiger partial charge in [-0.3, -0.25) is 23.7 Å². The van der Waals surface area contributed by atoms with E-state index in [9.17, 15) is 24.0 Å². The number of imidazole rings is 1. The fraction of sp³-hybridized carbons (Fsp3) is 0.708. The van der Waals surface area contributed by atoms with Crippen LogP contribution in [0.15, 0.2) is 53.4 Å². The quantitative estimate of drug-likeness (QED) is 0.0235. The van der Waals surface area contributed by atoms with Gasteiger partial charge in [-0.1, -0.05) is 172 Å². The van der Waals surface area contributed by atoms with Crippen molar-refractivity contribution in [3.05, 3.63) is 70.2 Å². The standard InChI is InChI=1S/C65H107N7O9/c1-6-9-12-14-20-26-35-50-79-58(74)42-30-22-16-18-24-33-46-71(47-34-25-19-17-23-31-43-59(75)80-51-36-27-21-15-13-10-7-2)48-38-45-70(4)44-32-28-29-41-57(73)66-62-61-63(69-64(68-62)81-49-11-8-3)72(65(77)67-61)54-56-40-37-39-55(52-56)53-60(76)78-5/h26-27,35-37,39-40,52H,6-25,28-34,38,41-51,53-54H2,1-5H3,(H,67,77)(H,66,68,69,73)/b35-26+,36-27+. The van der Waals surface area contributed by atoms with Crippen LogP contribution in [0.25, 0.3) is 11.2 Å². The van der Waals surface area contributed by atoms with Crippen molar-refractivity contribution in [2.45, 2.75) is 233 Å². The summed E-state index contributed by atoms with van der Waals surface area (Å²) in [6.07, 6.45) is 40.5. The summed E-state index contributed by atoms with van der Waals surface area (Å²) in [7, 11) is 3.54. The van der Waals surface area contributed by atoms with Gasteiger partial charge in [0.2, 0.25) is 5.91 Å². The maximum atomic E-state index is 13.4. The van der Waals surface area contributed by atoms with E-state index in [2.05, 4.69) is 70.0 Å². The van der Waals surface area contributed by atoms with Crippen molar-refractivity contribution in [3.63, 3.8) is 0 Å². The lowest BCUT2D eigenvalue weighted by molar-refractivity contribution is -0.143. The molecule has 1 aromatic carbocycles. The van der Waals surface area contributed by atoms with E-state index in [0.29, 0.717) is 56.7 Å². The van der Waals surface area contributed by atoms with Crippen molar-refractivity contribution in [1.29, 1.82) is 0 Å². The van der Waals surface area contributed by atoms with Crippen LogP contribution in [-0.2, 0) is 46.4 Å². The Morgan fingerprint density at radius 1 is 0.593 bits per heavy atom. The van der Waals surface area contributed by atoms with Gasteiger partial charge in [0.25, 0.3) is 0 Å². The highest BCUT2D eigenvalue weighted by Gasteiger charge is 2.19. The number of benzene rings is 1. The molecule has 1 amide bonds. The molecule has 2 heterocycles. The number of nitrogens with one attached hydrogen (secondary N) is 2. The number of anilines is 1. The third kappa shape index (κ3) is 34.0. The van der Waals surface area contributed by atoms with Gasteiger partial charge in [-0.05, 0) is 128 Å². The number of aromatic amines is 1. The minimum absolute atomic E-state index is 0.0848. The second-order valence-electron chi connectivity index (χ2n) is 22.0. The van der Waals surface area contributed by atoms with Crippen LogP contribution in [0.3, 0.4) is 0 Å². The van der Waals surface area contributed by atoms with Crippen LogP contribution in [0.5, 0.6) is 6.01 Å². The first-order valence-electron chi connectivity index (χ1n) is 31.7. The average molecular weight is 1130 g/mol. The highest BCUT2D eigenvalue weighted by Crippen LogP contribution is 2.23. The summed E-state index contributed by atoms with van der Waals surface area (Å²) in [6, 6.07) is 7.49. The smallest absolute Gasteiger partial charge is 0.328 e. The Labute approximate surface area is 487 Å². The maximum absolute atomic E-state index is 13.4. The van der Waals surface area contributed by atoms with Crippen molar-refractivity contribution in [3.8, 4) is 6.01 Å². The largest absolute Gasteiger partial charge is 0.469 e. The molecular weight excluding hydrogens is 1020 g/mol. The molecule has 16 nitrogen and oxygen atoms in total. The summed E-state index contributed by atoms with van der Waals surface area (Å²) < 4.78 is 23.0. The lowest BCUT2D eigenvalue weighted by atomic mass is 10.1. The predicted molar refractivity (Wildman–Crippen MR) is 328 cm³/mol. The Kier molecular flexibility index (Phi) is 39.9. The number of aromatic nitrogens is 4. The first kappa shape index (κ1) is 69.9. The summed E-state index contributed by atoms with van der Waals surface area (Å²) in [5.74, 6) is -0.519. The van der Waals surface area contributed by atoms with E-state index >= 15 is 0 Å². The summed E-state index contributed by atoms with van der Waals surface area (Å²) >= 11 is 0. The van der Waals surface area contributed by atoms with Crippen molar-refractivity contribution >= 4 is 40.8 Å². The Morgan fingerprint density at radius 3 is 1.72 bits per heavy atom. The number of H-pyrrole nitrogens is 1. The van der Waals surface area contributed by atoms with E-state index in [-0.39, 0.29) is 48.6 Å². The number of carbonyl (C=O) groups is 4. The third-order valence-electron chi connectivity index (χ3n) is 14.6. The molecule has 16 heteroatoms. The van der Waals surface area contributed by atoms with Crippen LogP contribution in [0.2, 0.25) is 0 Å². The van der Waals surface area contributed by atoms with E-state index in [1.165, 1.54) is 102 Å². The van der Waals surface area contributed by atoms with Crippen molar-refractivity contribution in [2.24, 2.45) is 0 Å². The van der Waals surface area contributed by atoms with Gasteiger partial charge in [0.15, 0.2) is 11.5 Å². The first-order chi connectivity index (χ1) is 39.6.